The number of rotatable bonds is 2. The number of nitrogen functional groups attached to an aromatic ring is 1. The molecule has 0 aliphatic rings. The van der Waals surface area contributed by atoms with E-state index in [1.54, 1.807) is 30.6 Å². The van der Waals surface area contributed by atoms with Gasteiger partial charge < -0.3 is 10.8 Å². The molecule has 16 heavy (non-hydrogen) atoms. The van der Waals surface area contributed by atoms with Gasteiger partial charge in [0.2, 0.25) is 0 Å². The summed E-state index contributed by atoms with van der Waals surface area (Å²) in [5.74, 6) is 0. The predicted molar refractivity (Wildman–Crippen MR) is 66.9 cm³/mol. The molecule has 0 fully saturated rings. The maximum absolute atomic E-state index is 10.1. The summed E-state index contributed by atoms with van der Waals surface area (Å²) in [5.41, 5.74) is 7.91. The van der Waals surface area contributed by atoms with Crippen LogP contribution in [0.3, 0.4) is 0 Å². The number of benzene rings is 1. The molecule has 1 aromatic carbocycles. The standard InChI is InChI=1S/C12H11BrN2O/c13-9-1-2-10(11(14)7-9)12(16)8-3-5-15-6-4-8/h1-7,12,16H,14H2. The summed E-state index contributed by atoms with van der Waals surface area (Å²) in [6.07, 6.45) is 2.58. The summed E-state index contributed by atoms with van der Waals surface area (Å²) in [6, 6.07) is 8.98. The lowest BCUT2D eigenvalue weighted by Crippen LogP contribution is -2.03. The number of pyridine rings is 1. The highest BCUT2D eigenvalue weighted by Crippen LogP contribution is 2.28. The summed E-state index contributed by atoms with van der Waals surface area (Å²) in [5, 5.41) is 10.1. The van der Waals surface area contributed by atoms with Crippen LogP contribution in [0.5, 0.6) is 0 Å². The second-order valence-corrected chi connectivity index (χ2v) is 4.37. The summed E-state index contributed by atoms with van der Waals surface area (Å²) < 4.78 is 0.899. The molecule has 1 atom stereocenters. The van der Waals surface area contributed by atoms with Crippen LogP contribution in [0.25, 0.3) is 0 Å². The maximum Gasteiger partial charge on any atom is 0.106 e. The Morgan fingerprint density at radius 3 is 2.50 bits per heavy atom. The molecule has 0 aliphatic heterocycles. The topological polar surface area (TPSA) is 59.1 Å². The average Bonchev–Trinajstić information content (AvgIpc) is 2.29. The molecule has 0 spiro atoms. The van der Waals surface area contributed by atoms with Crippen LogP contribution in [0.4, 0.5) is 5.69 Å². The van der Waals surface area contributed by atoms with Crippen molar-refractivity contribution in [3.8, 4) is 0 Å². The molecule has 3 N–H and O–H groups in total. The van der Waals surface area contributed by atoms with Crippen molar-refractivity contribution in [1.29, 1.82) is 0 Å². The van der Waals surface area contributed by atoms with E-state index in [0.717, 1.165) is 10.0 Å². The minimum absolute atomic E-state index is 0.568. The second kappa shape index (κ2) is 4.63. The van der Waals surface area contributed by atoms with Gasteiger partial charge in [-0.1, -0.05) is 22.0 Å². The number of aliphatic hydroxyl groups excluding tert-OH is 1. The average molecular weight is 279 g/mol. The quantitative estimate of drug-likeness (QED) is 0.830. The lowest BCUT2D eigenvalue weighted by Gasteiger charge is -2.13. The normalized spacial score (nSPS) is 12.4. The van der Waals surface area contributed by atoms with E-state index in [1.807, 2.05) is 12.1 Å². The van der Waals surface area contributed by atoms with Crippen LogP contribution in [0.1, 0.15) is 17.2 Å². The molecule has 1 aromatic heterocycles. The lowest BCUT2D eigenvalue weighted by atomic mass is 10.0. The highest BCUT2D eigenvalue weighted by atomic mass is 79.9. The molecule has 0 saturated heterocycles. The number of hydrogen-bond donors (Lipinski definition) is 2. The molecule has 2 rings (SSSR count). The van der Waals surface area contributed by atoms with Gasteiger partial charge in [-0.25, -0.2) is 0 Å². The van der Waals surface area contributed by atoms with Gasteiger partial charge in [-0.05, 0) is 29.8 Å². The molecule has 3 nitrogen and oxygen atoms in total. The Hall–Kier alpha value is -1.39. The van der Waals surface area contributed by atoms with Crippen LogP contribution < -0.4 is 5.73 Å². The third-order valence-corrected chi connectivity index (χ3v) is 2.86. The molecular formula is C12H11BrN2O. The Morgan fingerprint density at radius 1 is 1.19 bits per heavy atom. The van der Waals surface area contributed by atoms with Crippen molar-refractivity contribution in [1.82, 2.24) is 4.98 Å². The van der Waals surface area contributed by atoms with Gasteiger partial charge in [0.05, 0.1) is 0 Å². The van der Waals surface area contributed by atoms with E-state index < -0.39 is 6.10 Å². The smallest absolute Gasteiger partial charge is 0.106 e. The highest BCUT2D eigenvalue weighted by molar-refractivity contribution is 9.10. The maximum atomic E-state index is 10.1. The van der Waals surface area contributed by atoms with Crippen molar-refractivity contribution in [2.45, 2.75) is 6.10 Å². The van der Waals surface area contributed by atoms with E-state index in [-0.39, 0.29) is 0 Å². The summed E-state index contributed by atoms with van der Waals surface area (Å²) >= 11 is 3.33. The van der Waals surface area contributed by atoms with Crippen molar-refractivity contribution in [2.75, 3.05) is 5.73 Å². The lowest BCUT2D eigenvalue weighted by molar-refractivity contribution is 0.221. The molecule has 0 amide bonds. The molecule has 2 aromatic rings. The number of aromatic nitrogens is 1. The van der Waals surface area contributed by atoms with Gasteiger partial charge in [-0.2, -0.15) is 0 Å². The number of hydrogen-bond acceptors (Lipinski definition) is 3. The number of halogens is 1. The van der Waals surface area contributed by atoms with Gasteiger partial charge in [0.25, 0.3) is 0 Å². The zero-order valence-electron chi connectivity index (χ0n) is 8.47. The Bertz CT molecular complexity index is 488. The first kappa shape index (κ1) is 11.1. The van der Waals surface area contributed by atoms with Crippen molar-refractivity contribution >= 4 is 21.6 Å². The molecule has 82 valence electrons. The fourth-order valence-electron chi connectivity index (χ4n) is 1.52. The molecule has 1 heterocycles. The van der Waals surface area contributed by atoms with Gasteiger partial charge >= 0.3 is 0 Å². The van der Waals surface area contributed by atoms with Crippen LogP contribution >= 0.6 is 15.9 Å². The zero-order valence-corrected chi connectivity index (χ0v) is 10.1. The molecule has 0 radical (unpaired) electrons. The monoisotopic (exact) mass is 278 g/mol. The third kappa shape index (κ3) is 2.23. The van der Waals surface area contributed by atoms with Gasteiger partial charge in [0.15, 0.2) is 0 Å². The summed E-state index contributed by atoms with van der Waals surface area (Å²) in [6.45, 7) is 0. The Kier molecular flexibility index (Phi) is 3.22. The first-order valence-electron chi connectivity index (χ1n) is 4.81. The minimum Gasteiger partial charge on any atom is -0.398 e. The van der Waals surface area contributed by atoms with Gasteiger partial charge in [0, 0.05) is 28.1 Å². The van der Waals surface area contributed by atoms with Crippen molar-refractivity contribution in [3.05, 3.63) is 58.3 Å². The predicted octanol–water partition coefficient (Wildman–Crippen LogP) is 2.51. The number of nitrogens with zero attached hydrogens (tertiary/aromatic N) is 1. The van der Waals surface area contributed by atoms with E-state index in [2.05, 4.69) is 20.9 Å². The van der Waals surface area contributed by atoms with Crippen LogP contribution in [-0.4, -0.2) is 10.1 Å². The highest BCUT2D eigenvalue weighted by Gasteiger charge is 2.12. The number of anilines is 1. The SMILES string of the molecule is Nc1cc(Br)ccc1C(O)c1ccncc1. The largest absolute Gasteiger partial charge is 0.398 e. The molecule has 1 unspecified atom stereocenters. The Morgan fingerprint density at radius 2 is 1.88 bits per heavy atom. The molecule has 0 aliphatic carbocycles. The molecule has 0 bridgehead atoms. The Balaban J connectivity index is 2.38. The van der Waals surface area contributed by atoms with E-state index in [4.69, 9.17) is 5.73 Å². The van der Waals surface area contributed by atoms with Crippen molar-refractivity contribution in [2.24, 2.45) is 0 Å². The minimum atomic E-state index is -0.712. The first-order chi connectivity index (χ1) is 7.68. The zero-order chi connectivity index (χ0) is 11.5. The van der Waals surface area contributed by atoms with Crippen molar-refractivity contribution in [3.63, 3.8) is 0 Å². The van der Waals surface area contributed by atoms with E-state index in [1.165, 1.54) is 0 Å². The van der Waals surface area contributed by atoms with E-state index in [9.17, 15) is 5.11 Å². The van der Waals surface area contributed by atoms with Crippen LogP contribution in [0.2, 0.25) is 0 Å². The van der Waals surface area contributed by atoms with Gasteiger partial charge in [-0.15, -0.1) is 0 Å². The molecule has 0 saturated carbocycles. The summed E-state index contributed by atoms with van der Waals surface area (Å²) in [4.78, 5) is 3.91. The fraction of sp³-hybridized carbons (Fsp3) is 0.0833. The van der Waals surface area contributed by atoms with Crippen LogP contribution in [0.15, 0.2) is 47.2 Å². The number of nitrogens with two attached hydrogens (primary N) is 1. The number of aliphatic hydroxyl groups is 1. The van der Waals surface area contributed by atoms with Gasteiger partial charge in [0.1, 0.15) is 6.10 Å². The van der Waals surface area contributed by atoms with Crippen molar-refractivity contribution < 1.29 is 5.11 Å². The molecular weight excluding hydrogens is 268 g/mol. The fourth-order valence-corrected chi connectivity index (χ4v) is 1.90. The second-order valence-electron chi connectivity index (χ2n) is 3.46. The van der Waals surface area contributed by atoms with E-state index in [0.29, 0.717) is 11.3 Å². The van der Waals surface area contributed by atoms with E-state index >= 15 is 0 Å². The first-order valence-corrected chi connectivity index (χ1v) is 5.60. The third-order valence-electron chi connectivity index (χ3n) is 2.37. The van der Waals surface area contributed by atoms with Crippen LogP contribution in [0, 0.1) is 0 Å². The molecule has 4 heteroatoms. The Labute approximate surface area is 102 Å². The summed E-state index contributed by atoms with van der Waals surface area (Å²) in [7, 11) is 0. The van der Waals surface area contributed by atoms with Gasteiger partial charge in [-0.3, -0.25) is 4.98 Å². The van der Waals surface area contributed by atoms with Crippen LogP contribution in [-0.2, 0) is 0 Å².